The first kappa shape index (κ1) is 9.74. The van der Waals surface area contributed by atoms with E-state index < -0.39 is 11.6 Å². The molecule has 0 fully saturated rings. The topological polar surface area (TPSA) is 9.23 Å². The Morgan fingerprint density at radius 1 is 1.42 bits per heavy atom. The van der Waals surface area contributed by atoms with E-state index in [-0.39, 0.29) is 15.2 Å². The van der Waals surface area contributed by atoms with Crippen molar-refractivity contribution in [2.24, 2.45) is 0 Å². The summed E-state index contributed by atoms with van der Waals surface area (Å²) in [5.41, 5.74) is 0. The number of ether oxygens (including phenoxy) is 1. The summed E-state index contributed by atoms with van der Waals surface area (Å²) in [4.78, 5) is 0. The first-order chi connectivity index (χ1) is 5.57. The highest BCUT2D eigenvalue weighted by Crippen LogP contribution is 2.33. The van der Waals surface area contributed by atoms with Crippen LogP contribution in [0.1, 0.15) is 0 Å². The molecule has 12 heavy (non-hydrogen) atoms. The number of methoxy groups -OCH3 is 1. The second-order valence-corrected chi connectivity index (χ2v) is 3.26. The molecule has 0 heterocycles. The zero-order valence-corrected chi connectivity index (χ0v) is 8.34. The quantitative estimate of drug-likeness (QED) is 0.553. The highest BCUT2D eigenvalue weighted by Gasteiger charge is 2.16. The zero-order chi connectivity index (χ0) is 9.30. The van der Waals surface area contributed by atoms with Crippen molar-refractivity contribution in [1.82, 2.24) is 0 Å². The van der Waals surface area contributed by atoms with Gasteiger partial charge in [0.05, 0.1) is 16.6 Å². The Morgan fingerprint density at radius 2 is 2.00 bits per heavy atom. The van der Waals surface area contributed by atoms with Gasteiger partial charge in [0.25, 0.3) is 0 Å². The molecule has 0 aromatic heterocycles. The van der Waals surface area contributed by atoms with Crippen LogP contribution in [0.3, 0.4) is 0 Å². The fourth-order valence-corrected chi connectivity index (χ4v) is 1.54. The number of halogens is 4. The van der Waals surface area contributed by atoms with E-state index in [1.54, 1.807) is 0 Å². The van der Waals surface area contributed by atoms with Crippen LogP contribution in [0.5, 0.6) is 5.75 Å². The average Bonchev–Trinajstić information content (AvgIpc) is 2.01. The molecular formula is C7H4BrClF2O. The van der Waals surface area contributed by atoms with E-state index in [2.05, 4.69) is 20.7 Å². The van der Waals surface area contributed by atoms with Gasteiger partial charge in [0.15, 0.2) is 11.6 Å². The van der Waals surface area contributed by atoms with Crippen molar-refractivity contribution in [3.63, 3.8) is 0 Å². The van der Waals surface area contributed by atoms with E-state index in [0.29, 0.717) is 0 Å². The molecule has 0 aliphatic carbocycles. The third-order valence-corrected chi connectivity index (χ3v) is 2.13. The summed E-state index contributed by atoms with van der Waals surface area (Å²) >= 11 is 8.35. The molecule has 0 atom stereocenters. The zero-order valence-electron chi connectivity index (χ0n) is 6.00. The smallest absolute Gasteiger partial charge is 0.203 e. The second-order valence-electron chi connectivity index (χ2n) is 2.00. The standard InChI is InChI=1S/C7H4BrClF2O/c1-12-7-4(9)2-3(8)5(10)6(7)11/h2H,1H3. The first-order valence-corrected chi connectivity index (χ1v) is 4.12. The predicted molar refractivity (Wildman–Crippen MR) is 45.6 cm³/mol. The van der Waals surface area contributed by atoms with Crippen LogP contribution in [0.2, 0.25) is 5.02 Å². The summed E-state index contributed by atoms with van der Waals surface area (Å²) in [5.74, 6) is -2.37. The molecule has 0 unspecified atom stereocenters. The Kier molecular flexibility index (Phi) is 2.90. The van der Waals surface area contributed by atoms with Crippen LogP contribution in [0.15, 0.2) is 10.5 Å². The van der Waals surface area contributed by atoms with Crippen LogP contribution in [-0.4, -0.2) is 7.11 Å². The van der Waals surface area contributed by atoms with Crippen LogP contribution in [0.4, 0.5) is 8.78 Å². The Bertz CT molecular complexity index is 317. The lowest BCUT2D eigenvalue weighted by Crippen LogP contribution is -1.93. The Hall–Kier alpha value is -0.350. The number of hydrogen-bond donors (Lipinski definition) is 0. The van der Waals surface area contributed by atoms with Crippen molar-refractivity contribution in [3.8, 4) is 5.75 Å². The van der Waals surface area contributed by atoms with Gasteiger partial charge >= 0.3 is 0 Å². The van der Waals surface area contributed by atoms with Crippen LogP contribution >= 0.6 is 27.5 Å². The third kappa shape index (κ3) is 1.54. The molecule has 5 heteroatoms. The summed E-state index contributed by atoms with van der Waals surface area (Å²) in [6, 6.07) is 1.23. The summed E-state index contributed by atoms with van der Waals surface area (Å²) < 4.78 is 30.2. The van der Waals surface area contributed by atoms with Crippen molar-refractivity contribution >= 4 is 27.5 Å². The van der Waals surface area contributed by atoms with Gasteiger partial charge in [-0.25, -0.2) is 4.39 Å². The van der Waals surface area contributed by atoms with Crippen molar-refractivity contribution in [2.45, 2.75) is 0 Å². The summed E-state index contributed by atoms with van der Waals surface area (Å²) in [6.45, 7) is 0. The van der Waals surface area contributed by atoms with Gasteiger partial charge in [0.1, 0.15) is 0 Å². The monoisotopic (exact) mass is 256 g/mol. The van der Waals surface area contributed by atoms with Gasteiger partial charge in [-0.15, -0.1) is 0 Å². The maximum atomic E-state index is 12.9. The SMILES string of the molecule is COc1c(Cl)cc(Br)c(F)c1F. The van der Waals surface area contributed by atoms with Crippen molar-refractivity contribution in [3.05, 3.63) is 27.2 Å². The molecular weight excluding hydrogens is 253 g/mol. The molecule has 0 radical (unpaired) electrons. The minimum Gasteiger partial charge on any atom is -0.492 e. The number of rotatable bonds is 1. The Balaban J connectivity index is 3.40. The molecule has 0 aliphatic rings. The number of hydrogen-bond acceptors (Lipinski definition) is 1. The molecule has 0 amide bonds. The number of benzene rings is 1. The average molecular weight is 257 g/mol. The molecule has 0 spiro atoms. The fourth-order valence-electron chi connectivity index (χ4n) is 0.737. The van der Waals surface area contributed by atoms with Crippen LogP contribution in [-0.2, 0) is 0 Å². The highest BCUT2D eigenvalue weighted by atomic mass is 79.9. The summed E-state index contributed by atoms with van der Waals surface area (Å²) in [7, 11) is 1.22. The highest BCUT2D eigenvalue weighted by molar-refractivity contribution is 9.10. The second kappa shape index (κ2) is 3.58. The first-order valence-electron chi connectivity index (χ1n) is 2.95. The normalized spacial score (nSPS) is 10.1. The van der Waals surface area contributed by atoms with Crippen molar-refractivity contribution in [1.29, 1.82) is 0 Å². The van der Waals surface area contributed by atoms with Gasteiger partial charge in [-0.2, -0.15) is 4.39 Å². The molecule has 0 saturated heterocycles. The van der Waals surface area contributed by atoms with Gasteiger partial charge in [-0.1, -0.05) is 11.6 Å². The molecule has 0 aliphatic heterocycles. The Morgan fingerprint density at radius 3 is 2.50 bits per heavy atom. The fraction of sp³-hybridized carbons (Fsp3) is 0.143. The van der Waals surface area contributed by atoms with Gasteiger partial charge in [-0.3, -0.25) is 0 Å². The van der Waals surface area contributed by atoms with E-state index >= 15 is 0 Å². The third-order valence-electron chi connectivity index (χ3n) is 1.28. The van der Waals surface area contributed by atoms with Crippen LogP contribution in [0.25, 0.3) is 0 Å². The maximum Gasteiger partial charge on any atom is 0.203 e. The molecule has 1 rings (SSSR count). The van der Waals surface area contributed by atoms with Gasteiger partial charge < -0.3 is 4.74 Å². The van der Waals surface area contributed by atoms with E-state index in [1.807, 2.05) is 0 Å². The molecule has 1 aromatic carbocycles. The lowest BCUT2D eigenvalue weighted by Gasteiger charge is -2.05. The molecule has 0 bridgehead atoms. The van der Waals surface area contributed by atoms with Crippen molar-refractivity contribution < 1.29 is 13.5 Å². The molecule has 1 aromatic rings. The van der Waals surface area contributed by atoms with Crippen LogP contribution < -0.4 is 4.74 Å². The lowest BCUT2D eigenvalue weighted by molar-refractivity contribution is 0.371. The van der Waals surface area contributed by atoms with E-state index in [4.69, 9.17) is 11.6 Å². The molecule has 66 valence electrons. The minimum absolute atomic E-state index is 0.0224. The van der Waals surface area contributed by atoms with Gasteiger partial charge in [0, 0.05) is 0 Å². The van der Waals surface area contributed by atoms with E-state index in [9.17, 15) is 8.78 Å². The Labute approximate surface area is 81.4 Å². The van der Waals surface area contributed by atoms with E-state index in [0.717, 1.165) is 0 Å². The maximum absolute atomic E-state index is 12.9. The van der Waals surface area contributed by atoms with Crippen molar-refractivity contribution in [2.75, 3.05) is 7.11 Å². The molecule has 0 saturated carbocycles. The summed E-state index contributed by atoms with van der Waals surface area (Å²) in [6.07, 6.45) is 0. The molecule has 0 N–H and O–H groups in total. The van der Waals surface area contributed by atoms with Crippen LogP contribution in [0, 0.1) is 11.6 Å². The summed E-state index contributed by atoms with van der Waals surface area (Å²) in [5, 5.41) is 0.0308. The molecule has 1 nitrogen and oxygen atoms in total. The van der Waals surface area contributed by atoms with Gasteiger partial charge in [-0.05, 0) is 22.0 Å². The largest absolute Gasteiger partial charge is 0.492 e. The predicted octanol–water partition coefficient (Wildman–Crippen LogP) is 3.39. The minimum atomic E-state index is -1.09. The van der Waals surface area contributed by atoms with E-state index in [1.165, 1.54) is 13.2 Å². The van der Waals surface area contributed by atoms with Gasteiger partial charge in [0.2, 0.25) is 5.82 Å². The lowest BCUT2D eigenvalue weighted by atomic mass is 10.3.